The fraction of sp³-hybridized carbons (Fsp3) is 0.0769. The summed E-state index contributed by atoms with van der Waals surface area (Å²) in [6.07, 6.45) is 1.96. The summed E-state index contributed by atoms with van der Waals surface area (Å²) in [5.41, 5.74) is 6.41. The lowest BCUT2D eigenvalue weighted by Gasteiger charge is -2.11. The van der Waals surface area contributed by atoms with Gasteiger partial charge in [0.1, 0.15) is 5.69 Å². The standard InChI is InChI=1S/C13H12F2N2S/c1-18-9-4-2-8(3-5-9)17-13-11(16)7-6-10(14)12(13)15/h2-7,17H,16H2,1H3. The van der Waals surface area contributed by atoms with Crippen LogP contribution in [0.25, 0.3) is 0 Å². The molecule has 0 saturated heterocycles. The van der Waals surface area contributed by atoms with Crippen LogP contribution >= 0.6 is 11.8 Å². The van der Waals surface area contributed by atoms with Crippen LogP contribution in [-0.2, 0) is 0 Å². The van der Waals surface area contributed by atoms with Crippen molar-refractivity contribution in [3.63, 3.8) is 0 Å². The summed E-state index contributed by atoms with van der Waals surface area (Å²) < 4.78 is 26.7. The SMILES string of the molecule is CSc1ccc(Nc2c(N)ccc(F)c2F)cc1. The van der Waals surface area contributed by atoms with Crippen molar-refractivity contribution in [1.82, 2.24) is 0 Å². The number of hydrogen-bond acceptors (Lipinski definition) is 3. The van der Waals surface area contributed by atoms with Gasteiger partial charge in [0.2, 0.25) is 0 Å². The Morgan fingerprint density at radius 3 is 2.33 bits per heavy atom. The average molecular weight is 266 g/mol. The minimum absolute atomic E-state index is 0.0353. The van der Waals surface area contributed by atoms with Crippen molar-refractivity contribution in [2.45, 2.75) is 4.90 Å². The van der Waals surface area contributed by atoms with Crippen LogP contribution in [0, 0.1) is 11.6 Å². The first kappa shape index (κ1) is 12.7. The van der Waals surface area contributed by atoms with E-state index in [1.165, 1.54) is 6.07 Å². The largest absolute Gasteiger partial charge is 0.397 e. The van der Waals surface area contributed by atoms with E-state index in [4.69, 9.17) is 5.73 Å². The van der Waals surface area contributed by atoms with E-state index in [1.807, 2.05) is 18.4 Å². The summed E-state index contributed by atoms with van der Waals surface area (Å²) in [7, 11) is 0. The molecule has 5 heteroatoms. The van der Waals surface area contributed by atoms with Crippen molar-refractivity contribution < 1.29 is 8.78 Å². The van der Waals surface area contributed by atoms with Crippen molar-refractivity contribution in [3.8, 4) is 0 Å². The lowest BCUT2D eigenvalue weighted by atomic mass is 10.2. The zero-order valence-corrected chi connectivity index (χ0v) is 10.5. The first-order valence-electron chi connectivity index (χ1n) is 5.26. The van der Waals surface area contributed by atoms with Gasteiger partial charge in [-0.2, -0.15) is 0 Å². The van der Waals surface area contributed by atoms with Crippen molar-refractivity contribution in [2.24, 2.45) is 0 Å². The molecule has 0 radical (unpaired) electrons. The minimum Gasteiger partial charge on any atom is -0.397 e. The smallest absolute Gasteiger partial charge is 0.184 e. The Bertz CT molecular complexity index is 556. The van der Waals surface area contributed by atoms with Crippen LogP contribution in [0.4, 0.5) is 25.8 Å². The highest BCUT2D eigenvalue weighted by molar-refractivity contribution is 7.98. The fourth-order valence-electron chi connectivity index (χ4n) is 1.51. The van der Waals surface area contributed by atoms with Gasteiger partial charge < -0.3 is 11.1 Å². The molecule has 2 rings (SSSR count). The van der Waals surface area contributed by atoms with Crippen LogP contribution in [0.2, 0.25) is 0 Å². The second-order valence-electron chi connectivity index (χ2n) is 3.68. The Morgan fingerprint density at radius 1 is 1.06 bits per heavy atom. The number of nitrogen functional groups attached to an aromatic ring is 1. The van der Waals surface area contributed by atoms with Gasteiger partial charge >= 0.3 is 0 Å². The molecule has 0 aromatic heterocycles. The molecule has 0 fully saturated rings. The summed E-state index contributed by atoms with van der Waals surface area (Å²) in [5, 5.41) is 2.78. The van der Waals surface area contributed by atoms with Crippen molar-refractivity contribution in [1.29, 1.82) is 0 Å². The molecule has 0 unspecified atom stereocenters. The van der Waals surface area contributed by atoms with Crippen LogP contribution in [0.15, 0.2) is 41.3 Å². The Hall–Kier alpha value is -1.75. The molecule has 0 aliphatic heterocycles. The highest BCUT2D eigenvalue weighted by atomic mass is 32.2. The number of anilines is 3. The van der Waals surface area contributed by atoms with E-state index in [2.05, 4.69) is 5.32 Å². The highest BCUT2D eigenvalue weighted by Gasteiger charge is 2.11. The molecule has 0 amide bonds. The van der Waals surface area contributed by atoms with Gasteiger partial charge in [0.15, 0.2) is 11.6 Å². The number of rotatable bonds is 3. The molecule has 0 aliphatic rings. The summed E-state index contributed by atoms with van der Waals surface area (Å²) in [4.78, 5) is 1.09. The molecule has 0 spiro atoms. The average Bonchev–Trinajstić information content (AvgIpc) is 2.40. The second kappa shape index (κ2) is 5.27. The lowest BCUT2D eigenvalue weighted by molar-refractivity contribution is 0.512. The number of nitrogens with two attached hydrogens (primary N) is 1. The molecule has 0 aliphatic carbocycles. The Morgan fingerprint density at radius 2 is 1.72 bits per heavy atom. The van der Waals surface area contributed by atoms with E-state index in [1.54, 1.807) is 23.9 Å². The summed E-state index contributed by atoms with van der Waals surface area (Å²) >= 11 is 1.61. The molecule has 0 saturated carbocycles. The van der Waals surface area contributed by atoms with Gasteiger partial charge in [0.25, 0.3) is 0 Å². The maximum absolute atomic E-state index is 13.6. The number of halogens is 2. The number of thioether (sulfide) groups is 1. The van der Waals surface area contributed by atoms with E-state index in [9.17, 15) is 8.78 Å². The molecule has 2 aromatic rings. The summed E-state index contributed by atoms with van der Waals surface area (Å²) in [6.45, 7) is 0. The van der Waals surface area contributed by atoms with Crippen LogP contribution in [0.1, 0.15) is 0 Å². The van der Waals surface area contributed by atoms with Crippen LogP contribution in [-0.4, -0.2) is 6.26 Å². The van der Waals surface area contributed by atoms with Gasteiger partial charge in [-0.05, 0) is 42.7 Å². The lowest BCUT2D eigenvalue weighted by Crippen LogP contribution is -2.01. The molecule has 94 valence electrons. The van der Waals surface area contributed by atoms with Crippen molar-refractivity contribution in [2.75, 3.05) is 17.3 Å². The van der Waals surface area contributed by atoms with Gasteiger partial charge in [0, 0.05) is 10.6 Å². The van der Waals surface area contributed by atoms with Crippen molar-refractivity contribution in [3.05, 3.63) is 48.0 Å². The number of nitrogens with one attached hydrogen (secondary N) is 1. The summed E-state index contributed by atoms with van der Waals surface area (Å²) in [5.74, 6) is -1.89. The molecular formula is C13H12F2N2S. The van der Waals surface area contributed by atoms with Crippen molar-refractivity contribution >= 4 is 28.8 Å². The third-order valence-corrected chi connectivity index (χ3v) is 3.23. The van der Waals surface area contributed by atoms with E-state index in [0.717, 1.165) is 11.0 Å². The zero-order chi connectivity index (χ0) is 13.1. The van der Waals surface area contributed by atoms with E-state index in [0.29, 0.717) is 5.69 Å². The normalized spacial score (nSPS) is 10.4. The molecule has 18 heavy (non-hydrogen) atoms. The molecule has 0 bridgehead atoms. The van der Waals surface area contributed by atoms with Crippen LogP contribution in [0.3, 0.4) is 0 Å². The molecule has 3 N–H and O–H groups in total. The zero-order valence-electron chi connectivity index (χ0n) is 9.71. The van der Waals surface area contributed by atoms with E-state index in [-0.39, 0.29) is 11.4 Å². The van der Waals surface area contributed by atoms with Gasteiger partial charge in [-0.15, -0.1) is 11.8 Å². The maximum atomic E-state index is 13.6. The maximum Gasteiger partial charge on any atom is 0.184 e. The molecule has 2 nitrogen and oxygen atoms in total. The Labute approximate surface area is 108 Å². The fourth-order valence-corrected chi connectivity index (χ4v) is 1.92. The molecule has 2 aromatic carbocycles. The van der Waals surface area contributed by atoms with Gasteiger partial charge in [-0.25, -0.2) is 8.78 Å². The minimum atomic E-state index is -0.969. The van der Waals surface area contributed by atoms with Crippen LogP contribution < -0.4 is 11.1 Å². The Kier molecular flexibility index (Phi) is 3.72. The topological polar surface area (TPSA) is 38.0 Å². The second-order valence-corrected chi connectivity index (χ2v) is 4.56. The first-order chi connectivity index (χ1) is 8.61. The highest BCUT2D eigenvalue weighted by Crippen LogP contribution is 2.28. The van der Waals surface area contributed by atoms with Crippen LogP contribution in [0.5, 0.6) is 0 Å². The Balaban J connectivity index is 2.30. The first-order valence-corrected chi connectivity index (χ1v) is 6.49. The predicted molar refractivity (Wildman–Crippen MR) is 72.3 cm³/mol. The molecule has 0 atom stereocenters. The third-order valence-electron chi connectivity index (χ3n) is 2.49. The molecule has 0 heterocycles. The van der Waals surface area contributed by atoms with Gasteiger partial charge in [0.05, 0.1) is 5.69 Å². The number of hydrogen-bond donors (Lipinski definition) is 2. The predicted octanol–water partition coefficient (Wildman–Crippen LogP) is 4.01. The quantitative estimate of drug-likeness (QED) is 0.651. The molecular weight excluding hydrogens is 254 g/mol. The number of benzene rings is 2. The van der Waals surface area contributed by atoms with Gasteiger partial charge in [-0.3, -0.25) is 0 Å². The summed E-state index contributed by atoms with van der Waals surface area (Å²) in [6, 6.07) is 9.69. The van der Waals surface area contributed by atoms with E-state index >= 15 is 0 Å². The van der Waals surface area contributed by atoms with Gasteiger partial charge in [-0.1, -0.05) is 0 Å². The monoisotopic (exact) mass is 266 g/mol. The van der Waals surface area contributed by atoms with E-state index < -0.39 is 11.6 Å². The third kappa shape index (κ3) is 2.56.